The summed E-state index contributed by atoms with van der Waals surface area (Å²) in [6.45, 7) is 2.35. The van der Waals surface area contributed by atoms with E-state index in [1.807, 2.05) is 0 Å². The summed E-state index contributed by atoms with van der Waals surface area (Å²) < 4.78 is 31.5. The fourth-order valence-electron chi connectivity index (χ4n) is 2.28. The molecule has 9 heteroatoms. The summed E-state index contributed by atoms with van der Waals surface area (Å²) in [5, 5.41) is 8.69. The van der Waals surface area contributed by atoms with Crippen molar-refractivity contribution in [2.45, 2.75) is 18.7 Å². The van der Waals surface area contributed by atoms with Gasteiger partial charge in [-0.1, -0.05) is 0 Å². The molecule has 1 amide bonds. The molecule has 0 aliphatic rings. The van der Waals surface area contributed by atoms with Crippen LogP contribution in [0.1, 0.15) is 11.1 Å². The Hall–Kier alpha value is -2.13. The number of sulfonamides is 1. The lowest BCUT2D eigenvalue weighted by Gasteiger charge is -2.22. The number of carbonyl (C=O) groups excluding carboxylic acids is 1. The minimum atomic E-state index is -3.90. The third-order valence-electron chi connectivity index (χ3n) is 3.49. The quantitative estimate of drug-likeness (QED) is 0.760. The number of carbonyl (C=O) groups is 2. The lowest BCUT2D eigenvalue weighted by atomic mass is 10.1. The molecule has 0 aromatic heterocycles. The fourth-order valence-corrected chi connectivity index (χ4v) is 3.80. The Morgan fingerprint density at radius 3 is 2.04 bits per heavy atom. The van der Waals surface area contributed by atoms with Crippen molar-refractivity contribution in [3.63, 3.8) is 0 Å². The Labute approximate surface area is 141 Å². The first-order chi connectivity index (χ1) is 11.0. The Bertz CT molecular complexity index is 721. The van der Waals surface area contributed by atoms with Gasteiger partial charge in [0.25, 0.3) is 0 Å². The molecule has 1 N–H and O–H groups in total. The number of aliphatic carboxylic acids is 1. The van der Waals surface area contributed by atoms with E-state index in [2.05, 4.69) is 0 Å². The van der Waals surface area contributed by atoms with Crippen molar-refractivity contribution in [2.75, 3.05) is 34.3 Å². The standard InChI is InChI=1S/C15H22N2O6S/c1-10-6-12(23-5)7-11(2)15(10)24(21,22)17(4)8-13(18)16(3)9-14(19)20/h6-7H,8-9H2,1-5H3,(H,19,20). The number of rotatable bonds is 7. The van der Waals surface area contributed by atoms with Crippen LogP contribution < -0.4 is 4.74 Å². The van der Waals surface area contributed by atoms with E-state index in [1.165, 1.54) is 21.2 Å². The summed E-state index contributed by atoms with van der Waals surface area (Å²) in [4.78, 5) is 23.7. The number of nitrogens with zero attached hydrogens (tertiary/aromatic N) is 2. The number of methoxy groups -OCH3 is 1. The summed E-state index contributed by atoms with van der Waals surface area (Å²) in [5.41, 5.74) is 1.01. The molecule has 0 saturated carbocycles. The van der Waals surface area contributed by atoms with Crippen LogP contribution in [0.25, 0.3) is 0 Å². The number of amides is 1. The lowest BCUT2D eigenvalue weighted by Crippen LogP contribution is -2.41. The van der Waals surface area contributed by atoms with Crippen molar-refractivity contribution in [2.24, 2.45) is 0 Å². The van der Waals surface area contributed by atoms with E-state index < -0.39 is 35.0 Å². The zero-order valence-electron chi connectivity index (χ0n) is 14.4. The molecule has 8 nitrogen and oxygen atoms in total. The van der Waals surface area contributed by atoms with Gasteiger partial charge in [0.2, 0.25) is 15.9 Å². The largest absolute Gasteiger partial charge is 0.497 e. The second kappa shape index (κ2) is 7.63. The maximum atomic E-state index is 12.8. The van der Waals surface area contributed by atoms with Crippen molar-refractivity contribution in [3.05, 3.63) is 23.3 Å². The Kier molecular flexibility index (Phi) is 6.33. The van der Waals surface area contributed by atoms with Gasteiger partial charge in [-0.2, -0.15) is 4.31 Å². The number of ether oxygens (including phenoxy) is 1. The van der Waals surface area contributed by atoms with Crippen molar-refractivity contribution in [1.29, 1.82) is 0 Å². The number of carboxylic acid groups (broad SMARTS) is 1. The first-order valence-corrected chi connectivity index (χ1v) is 8.52. The highest BCUT2D eigenvalue weighted by atomic mass is 32.2. The molecule has 0 aliphatic heterocycles. The highest BCUT2D eigenvalue weighted by Crippen LogP contribution is 2.27. The molecule has 0 heterocycles. The van der Waals surface area contributed by atoms with Gasteiger partial charge in [0.1, 0.15) is 12.3 Å². The molecule has 1 aromatic carbocycles. The van der Waals surface area contributed by atoms with Gasteiger partial charge < -0.3 is 14.7 Å². The highest BCUT2D eigenvalue weighted by molar-refractivity contribution is 7.89. The maximum Gasteiger partial charge on any atom is 0.323 e. The lowest BCUT2D eigenvalue weighted by molar-refractivity contribution is -0.143. The average Bonchev–Trinajstić information content (AvgIpc) is 2.44. The van der Waals surface area contributed by atoms with Crippen LogP contribution in [0.3, 0.4) is 0 Å². The SMILES string of the molecule is COc1cc(C)c(S(=O)(=O)N(C)CC(=O)N(C)CC(=O)O)c(C)c1. The number of benzene rings is 1. The summed E-state index contributed by atoms with van der Waals surface area (Å²) in [6, 6.07) is 3.21. The summed E-state index contributed by atoms with van der Waals surface area (Å²) in [5.74, 6) is -1.23. The van der Waals surface area contributed by atoms with E-state index in [4.69, 9.17) is 9.84 Å². The maximum absolute atomic E-state index is 12.8. The van der Waals surface area contributed by atoms with E-state index in [9.17, 15) is 18.0 Å². The molecule has 0 bridgehead atoms. The molecule has 24 heavy (non-hydrogen) atoms. The van der Waals surface area contributed by atoms with E-state index in [0.29, 0.717) is 16.9 Å². The number of hydrogen-bond acceptors (Lipinski definition) is 5. The van der Waals surface area contributed by atoms with Gasteiger partial charge in [-0.15, -0.1) is 0 Å². The summed E-state index contributed by atoms with van der Waals surface area (Å²) in [7, 11) is 0.181. The molecule has 1 aromatic rings. The van der Waals surface area contributed by atoms with Gasteiger partial charge in [-0.3, -0.25) is 9.59 Å². The van der Waals surface area contributed by atoms with Crippen molar-refractivity contribution in [1.82, 2.24) is 9.21 Å². The number of hydrogen-bond donors (Lipinski definition) is 1. The van der Waals surface area contributed by atoms with Gasteiger partial charge in [0.15, 0.2) is 0 Å². The third kappa shape index (κ3) is 4.45. The third-order valence-corrected chi connectivity index (χ3v) is 5.60. The van der Waals surface area contributed by atoms with Gasteiger partial charge in [0, 0.05) is 14.1 Å². The van der Waals surface area contributed by atoms with Gasteiger partial charge in [-0.25, -0.2) is 8.42 Å². The predicted octanol–water partition coefficient (Wildman–Crippen LogP) is 0.476. The van der Waals surface area contributed by atoms with E-state index in [1.54, 1.807) is 26.0 Å². The highest BCUT2D eigenvalue weighted by Gasteiger charge is 2.28. The van der Waals surface area contributed by atoms with Crippen LogP contribution in [0.4, 0.5) is 0 Å². The Balaban J connectivity index is 3.08. The van der Waals surface area contributed by atoms with Gasteiger partial charge >= 0.3 is 5.97 Å². The van der Waals surface area contributed by atoms with E-state index in [-0.39, 0.29) is 4.90 Å². The van der Waals surface area contributed by atoms with E-state index >= 15 is 0 Å². The second-order valence-corrected chi connectivity index (χ2v) is 7.48. The molecule has 0 fully saturated rings. The van der Waals surface area contributed by atoms with Crippen LogP contribution in [0, 0.1) is 13.8 Å². The van der Waals surface area contributed by atoms with Crippen LogP contribution in [0.15, 0.2) is 17.0 Å². The predicted molar refractivity (Wildman–Crippen MR) is 87.6 cm³/mol. The molecule has 0 saturated heterocycles. The first kappa shape index (κ1) is 19.9. The smallest absolute Gasteiger partial charge is 0.323 e. The number of aryl methyl sites for hydroxylation is 2. The van der Waals surface area contributed by atoms with Crippen LogP contribution in [-0.2, 0) is 19.6 Å². The van der Waals surface area contributed by atoms with Crippen LogP contribution in [-0.4, -0.2) is 68.9 Å². The van der Waals surface area contributed by atoms with E-state index in [0.717, 1.165) is 9.21 Å². The zero-order chi connectivity index (χ0) is 18.7. The summed E-state index contributed by atoms with van der Waals surface area (Å²) >= 11 is 0. The van der Waals surface area contributed by atoms with Crippen LogP contribution in [0.5, 0.6) is 5.75 Å². The second-order valence-electron chi connectivity index (χ2n) is 5.49. The zero-order valence-corrected chi connectivity index (χ0v) is 15.2. The Morgan fingerprint density at radius 1 is 1.12 bits per heavy atom. The first-order valence-electron chi connectivity index (χ1n) is 7.08. The molecule has 134 valence electrons. The molecule has 1 rings (SSSR count). The normalized spacial score (nSPS) is 11.4. The van der Waals surface area contributed by atoms with Crippen molar-refractivity contribution in [3.8, 4) is 5.75 Å². The molecule has 0 radical (unpaired) electrons. The van der Waals surface area contributed by atoms with Crippen LogP contribution >= 0.6 is 0 Å². The topological polar surface area (TPSA) is 104 Å². The fraction of sp³-hybridized carbons (Fsp3) is 0.467. The molecule has 0 atom stereocenters. The number of likely N-dealkylation sites (N-methyl/N-ethyl adjacent to an activating group) is 2. The monoisotopic (exact) mass is 358 g/mol. The molecule has 0 unspecified atom stereocenters. The molecular weight excluding hydrogens is 336 g/mol. The molecule has 0 aliphatic carbocycles. The van der Waals surface area contributed by atoms with Gasteiger partial charge in [-0.05, 0) is 37.1 Å². The molecular formula is C15H22N2O6S. The van der Waals surface area contributed by atoms with Gasteiger partial charge in [0.05, 0.1) is 18.6 Å². The molecule has 0 spiro atoms. The Morgan fingerprint density at radius 2 is 1.62 bits per heavy atom. The minimum absolute atomic E-state index is 0.111. The van der Waals surface area contributed by atoms with Crippen molar-refractivity contribution < 1.29 is 27.9 Å². The minimum Gasteiger partial charge on any atom is -0.497 e. The van der Waals surface area contributed by atoms with Crippen molar-refractivity contribution >= 4 is 21.9 Å². The van der Waals surface area contributed by atoms with Crippen LogP contribution in [0.2, 0.25) is 0 Å². The summed E-state index contributed by atoms with van der Waals surface area (Å²) in [6.07, 6.45) is 0. The number of carboxylic acids is 1. The average molecular weight is 358 g/mol.